The van der Waals surface area contributed by atoms with Gasteiger partial charge in [-0.25, -0.2) is 4.79 Å². The van der Waals surface area contributed by atoms with Crippen LogP contribution in [-0.4, -0.2) is 22.2 Å². The Morgan fingerprint density at radius 2 is 1.73 bits per heavy atom. The summed E-state index contributed by atoms with van der Waals surface area (Å²) >= 11 is 0. The maximum absolute atomic E-state index is 10.0. The zero-order valence-electron chi connectivity index (χ0n) is 7.33. The van der Waals surface area contributed by atoms with E-state index in [2.05, 4.69) is 6.58 Å². The number of carbonyl (C=O) groups is 2. The number of rotatable bonds is 4. The Balaban J connectivity index is -0.000000405. The largest absolute Gasteiger partial charge is 1.00 e. The van der Waals surface area contributed by atoms with E-state index in [1.807, 2.05) is 0 Å². The van der Waals surface area contributed by atoms with Crippen LogP contribution in [0.4, 0.5) is 0 Å². The summed E-state index contributed by atoms with van der Waals surface area (Å²) in [6.07, 6.45) is -0.171. The Morgan fingerprint density at radius 1 is 1.27 bits per heavy atom. The molecule has 0 rings (SSSR count). The number of carboxylic acids is 2. The van der Waals surface area contributed by atoms with Crippen molar-refractivity contribution in [1.29, 1.82) is 0 Å². The predicted octanol–water partition coefficient (Wildman–Crippen LogP) is -2.39. The monoisotopic (exact) mass is 168 g/mol. The number of carboxylic acid groups (broad SMARTS) is 2. The molecule has 0 aromatic heterocycles. The molecule has 0 saturated carbocycles. The van der Waals surface area contributed by atoms with Crippen molar-refractivity contribution < 1.29 is 50.8 Å². The van der Waals surface area contributed by atoms with E-state index in [9.17, 15) is 9.59 Å². The summed E-state index contributed by atoms with van der Waals surface area (Å²) in [4.78, 5) is 19.9. The minimum atomic E-state index is -1.14. The van der Waals surface area contributed by atoms with Gasteiger partial charge in [-0.15, -0.1) is 0 Å². The first-order chi connectivity index (χ1) is 4.54. The second-order valence-electron chi connectivity index (χ2n) is 1.80. The molecule has 11 heavy (non-hydrogen) atoms. The molecule has 0 atom stereocenters. The summed E-state index contributed by atoms with van der Waals surface area (Å²) in [6, 6.07) is 0. The van der Waals surface area contributed by atoms with Crippen molar-refractivity contribution in [3.05, 3.63) is 12.2 Å². The maximum Gasteiger partial charge on any atom is 1.00 e. The first-order valence-corrected chi connectivity index (χ1v) is 2.67. The number of hydrogen-bond donors (Lipinski definition) is 2. The van der Waals surface area contributed by atoms with Gasteiger partial charge in [0.25, 0.3) is 0 Å². The first-order valence-electron chi connectivity index (χ1n) is 2.67. The van der Waals surface area contributed by atoms with Crippen LogP contribution in [0, 0.1) is 0 Å². The van der Waals surface area contributed by atoms with Gasteiger partial charge in [0.1, 0.15) is 0 Å². The third-order valence-electron chi connectivity index (χ3n) is 0.943. The quantitative estimate of drug-likeness (QED) is 0.363. The van der Waals surface area contributed by atoms with Gasteiger partial charge in [0, 0.05) is 12.0 Å². The summed E-state index contributed by atoms with van der Waals surface area (Å²) in [7, 11) is 0. The molecule has 2 N–H and O–H groups in total. The third-order valence-corrected chi connectivity index (χ3v) is 0.943. The van der Waals surface area contributed by atoms with Gasteiger partial charge in [-0.2, -0.15) is 0 Å². The number of hydrogen-bond acceptors (Lipinski definition) is 2. The SMILES string of the molecule is C=C(CCC(=O)O)C(=O)O.[H-].[Na+]. The summed E-state index contributed by atoms with van der Waals surface area (Å²) in [6.45, 7) is 3.16. The zero-order valence-corrected chi connectivity index (χ0v) is 8.33. The molecular formula is C6H9NaO4. The number of aliphatic carboxylic acids is 2. The van der Waals surface area contributed by atoms with Gasteiger partial charge in [-0.05, 0) is 6.42 Å². The fraction of sp³-hybridized carbons (Fsp3) is 0.333. The van der Waals surface area contributed by atoms with Gasteiger partial charge in [-0.3, -0.25) is 4.79 Å². The van der Waals surface area contributed by atoms with Gasteiger partial charge < -0.3 is 11.6 Å². The molecule has 5 heteroatoms. The van der Waals surface area contributed by atoms with Crippen LogP contribution >= 0.6 is 0 Å². The molecule has 0 radical (unpaired) electrons. The van der Waals surface area contributed by atoms with Crippen molar-refractivity contribution >= 4 is 11.9 Å². The average Bonchev–Trinajstić information content (AvgIpc) is 1.82. The van der Waals surface area contributed by atoms with E-state index in [1.165, 1.54) is 0 Å². The van der Waals surface area contributed by atoms with Crippen LogP contribution in [0.3, 0.4) is 0 Å². The molecule has 0 saturated heterocycles. The molecule has 0 aromatic carbocycles. The van der Waals surface area contributed by atoms with Crippen molar-refractivity contribution in [3.63, 3.8) is 0 Å². The van der Waals surface area contributed by atoms with E-state index in [0.717, 1.165) is 0 Å². The molecule has 0 aromatic rings. The van der Waals surface area contributed by atoms with Crippen molar-refractivity contribution in [1.82, 2.24) is 0 Å². The molecule has 58 valence electrons. The Bertz CT molecular complexity index is 180. The zero-order chi connectivity index (χ0) is 8.15. The third kappa shape index (κ3) is 7.58. The van der Waals surface area contributed by atoms with Crippen LogP contribution in [0.15, 0.2) is 12.2 Å². The Hall–Kier alpha value is -0.320. The van der Waals surface area contributed by atoms with Crippen molar-refractivity contribution in [2.45, 2.75) is 12.8 Å². The van der Waals surface area contributed by atoms with Crippen molar-refractivity contribution in [2.24, 2.45) is 0 Å². The van der Waals surface area contributed by atoms with E-state index >= 15 is 0 Å². The second-order valence-corrected chi connectivity index (χ2v) is 1.80. The predicted molar refractivity (Wildman–Crippen MR) is 34.8 cm³/mol. The fourth-order valence-corrected chi connectivity index (χ4v) is 0.365. The normalized spacial score (nSPS) is 8.00. The van der Waals surface area contributed by atoms with E-state index < -0.39 is 11.9 Å². The topological polar surface area (TPSA) is 74.6 Å². The van der Waals surface area contributed by atoms with Gasteiger partial charge in [0.05, 0.1) is 0 Å². The van der Waals surface area contributed by atoms with Crippen molar-refractivity contribution in [3.8, 4) is 0 Å². The molecule has 0 spiro atoms. The van der Waals surface area contributed by atoms with Crippen LogP contribution in [0.1, 0.15) is 14.3 Å². The molecule has 0 aliphatic carbocycles. The summed E-state index contributed by atoms with van der Waals surface area (Å²) in [5.74, 6) is -2.15. The minimum Gasteiger partial charge on any atom is -1.00 e. The summed E-state index contributed by atoms with van der Waals surface area (Å²) in [5.41, 5.74) is -0.0672. The summed E-state index contributed by atoms with van der Waals surface area (Å²) in [5, 5.41) is 16.3. The van der Waals surface area contributed by atoms with Crippen LogP contribution in [0.5, 0.6) is 0 Å². The first kappa shape index (κ1) is 13.3. The van der Waals surface area contributed by atoms with Crippen LogP contribution in [0.2, 0.25) is 0 Å². The molecule has 0 heterocycles. The van der Waals surface area contributed by atoms with E-state index in [1.54, 1.807) is 0 Å². The van der Waals surface area contributed by atoms with Crippen molar-refractivity contribution in [2.75, 3.05) is 0 Å². The van der Waals surface area contributed by atoms with Crippen LogP contribution < -0.4 is 29.6 Å². The van der Waals surface area contributed by atoms with E-state index in [-0.39, 0.29) is 49.4 Å². The Morgan fingerprint density at radius 3 is 2.00 bits per heavy atom. The molecular weight excluding hydrogens is 159 g/mol. The smallest absolute Gasteiger partial charge is 1.00 e. The fourth-order valence-electron chi connectivity index (χ4n) is 0.365. The van der Waals surface area contributed by atoms with Gasteiger partial charge in [0.2, 0.25) is 0 Å². The maximum atomic E-state index is 10.0. The summed E-state index contributed by atoms with van der Waals surface area (Å²) < 4.78 is 0. The van der Waals surface area contributed by atoms with E-state index in [4.69, 9.17) is 10.2 Å². The van der Waals surface area contributed by atoms with Crippen LogP contribution in [-0.2, 0) is 9.59 Å². The van der Waals surface area contributed by atoms with Gasteiger partial charge >= 0.3 is 41.5 Å². The second kappa shape index (κ2) is 6.39. The van der Waals surface area contributed by atoms with Gasteiger partial charge in [-0.1, -0.05) is 6.58 Å². The standard InChI is InChI=1S/C6H8O4.Na.H/c1-4(6(9)10)2-3-5(7)8;;/h1-3H2,(H,7,8)(H,9,10);;/q;+1;-1. The molecule has 4 nitrogen and oxygen atoms in total. The van der Waals surface area contributed by atoms with Crippen LogP contribution in [0.25, 0.3) is 0 Å². The Labute approximate surface area is 87.7 Å². The van der Waals surface area contributed by atoms with Gasteiger partial charge in [0.15, 0.2) is 0 Å². The molecule has 0 aliphatic heterocycles. The van der Waals surface area contributed by atoms with E-state index in [0.29, 0.717) is 0 Å². The molecule has 0 aliphatic rings. The Kier molecular flexibility index (Phi) is 7.72. The molecule has 0 bridgehead atoms. The molecule has 0 amide bonds. The molecule has 0 unspecified atom stereocenters. The molecule has 0 fully saturated rings. The minimum absolute atomic E-state index is 0. The average molecular weight is 168 g/mol.